The number of esters is 1. The molecule has 1 aromatic rings. The molecule has 104 valence electrons. The highest BCUT2D eigenvalue weighted by Gasteiger charge is 2.19. The van der Waals surface area contributed by atoms with E-state index in [9.17, 15) is 14.0 Å². The fraction of sp³-hybridized carbons (Fsp3) is 0.385. The predicted octanol–water partition coefficient (Wildman–Crippen LogP) is 1.54. The van der Waals surface area contributed by atoms with Crippen LogP contribution in [0.15, 0.2) is 18.2 Å². The van der Waals surface area contributed by atoms with Crippen LogP contribution < -0.4 is 11.1 Å². The van der Waals surface area contributed by atoms with E-state index in [-0.39, 0.29) is 29.6 Å². The van der Waals surface area contributed by atoms with Gasteiger partial charge in [0.25, 0.3) is 0 Å². The van der Waals surface area contributed by atoms with Crippen molar-refractivity contribution in [3.8, 4) is 0 Å². The Morgan fingerprint density at radius 2 is 2.16 bits per heavy atom. The summed E-state index contributed by atoms with van der Waals surface area (Å²) in [5, 5.41) is 2.57. The number of amides is 1. The molecule has 0 saturated carbocycles. The molecule has 1 aromatic carbocycles. The largest absolute Gasteiger partial charge is 0.465 e. The van der Waals surface area contributed by atoms with Gasteiger partial charge in [-0.15, -0.1) is 0 Å². The van der Waals surface area contributed by atoms with Gasteiger partial charge in [-0.25, -0.2) is 9.18 Å². The van der Waals surface area contributed by atoms with Crippen LogP contribution in [0.4, 0.5) is 10.1 Å². The molecule has 0 radical (unpaired) electrons. The zero-order chi connectivity index (χ0) is 14.4. The van der Waals surface area contributed by atoms with Crippen molar-refractivity contribution in [3.05, 3.63) is 29.6 Å². The molecule has 0 aliphatic rings. The lowest BCUT2D eigenvalue weighted by molar-refractivity contribution is -0.119. The van der Waals surface area contributed by atoms with E-state index in [0.717, 1.165) is 12.1 Å². The van der Waals surface area contributed by atoms with Crippen molar-refractivity contribution in [2.45, 2.75) is 13.3 Å². The third-order valence-electron chi connectivity index (χ3n) is 2.79. The van der Waals surface area contributed by atoms with Gasteiger partial charge in [-0.3, -0.25) is 4.79 Å². The number of anilines is 1. The van der Waals surface area contributed by atoms with Crippen LogP contribution in [0.1, 0.15) is 23.7 Å². The summed E-state index contributed by atoms with van der Waals surface area (Å²) in [5.74, 6) is -1.95. The summed E-state index contributed by atoms with van der Waals surface area (Å²) in [7, 11) is 1.19. The van der Waals surface area contributed by atoms with Gasteiger partial charge in [0.2, 0.25) is 5.91 Å². The minimum atomic E-state index is -0.712. The fourth-order valence-corrected chi connectivity index (χ4v) is 1.60. The molecule has 0 aliphatic heterocycles. The number of halogens is 1. The van der Waals surface area contributed by atoms with E-state index in [1.807, 2.05) is 6.92 Å². The summed E-state index contributed by atoms with van der Waals surface area (Å²) in [4.78, 5) is 23.4. The molecule has 1 amide bonds. The van der Waals surface area contributed by atoms with Crippen LogP contribution in [0.3, 0.4) is 0 Å². The Balaban J connectivity index is 3.00. The molecular weight excluding hydrogens is 251 g/mol. The lowest BCUT2D eigenvalue weighted by Gasteiger charge is -2.14. The second kappa shape index (κ2) is 6.84. The first-order valence-corrected chi connectivity index (χ1v) is 5.92. The van der Waals surface area contributed by atoms with Gasteiger partial charge in [-0.1, -0.05) is 6.92 Å². The van der Waals surface area contributed by atoms with Gasteiger partial charge in [0.1, 0.15) is 5.82 Å². The Morgan fingerprint density at radius 1 is 1.47 bits per heavy atom. The SMILES string of the molecule is CCC(CN)C(=O)Nc1ccc(F)cc1C(=O)OC. The molecule has 1 unspecified atom stereocenters. The Hall–Kier alpha value is -1.95. The van der Waals surface area contributed by atoms with Crippen LogP contribution in [-0.2, 0) is 9.53 Å². The zero-order valence-electron chi connectivity index (χ0n) is 10.9. The Bertz CT molecular complexity index is 473. The first kappa shape index (κ1) is 15.1. The van der Waals surface area contributed by atoms with Crippen molar-refractivity contribution < 1.29 is 18.7 Å². The predicted molar refractivity (Wildman–Crippen MR) is 69.2 cm³/mol. The highest BCUT2D eigenvalue weighted by atomic mass is 19.1. The van der Waals surface area contributed by atoms with E-state index in [1.54, 1.807) is 0 Å². The first-order valence-electron chi connectivity index (χ1n) is 5.92. The smallest absolute Gasteiger partial charge is 0.340 e. The lowest BCUT2D eigenvalue weighted by atomic mass is 10.1. The molecule has 5 nitrogen and oxygen atoms in total. The number of hydrogen-bond donors (Lipinski definition) is 2. The highest BCUT2D eigenvalue weighted by molar-refractivity contribution is 6.01. The summed E-state index contributed by atoms with van der Waals surface area (Å²) < 4.78 is 17.7. The Morgan fingerprint density at radius 3 is 2.68 bits per heavy atom. The summed E-state index contributed by atoms with van der Waals surface area (Å²) >= 11 is 0. The third-order valence-corrected chi connectivity index (χ3v) is 2.79. The molecular formula is C13H17FN2O3. The van der Waals surface area contributed by atoms with E-state index in [1.165, 1.54) is 13.2 Å². The van der Waals surface area contributed by atoms with Crippen molar-refractivity contribution in [2.75, 3.05) is 19.0 Å². The van der Waals surface area contributed by atoms with E-state index < -0.39 is 11.8 Å². The molecule has 0 aromatic heterocycles. The Kier molecular flexibility index (Phi) is 5.44. The molecule has 0 aliphatic carbocycles. The monoisotopic (exact) mass is 268 g/mol. The number of carbonyl (C=O) groups excluding carboxylic acids is 2. The van der Waals surface area contributed by atoms with Gasteiger partial charge < -0.3 is 15.8 Å². The molecule has 1 rings (SSSR count). The quantitative estimate of drug-likeness (QED) is 0.794. The minimum Gasteiger partial charge on any atom is -0.465 e. The van der Waals surface area contributed by atoms with Crippen molar-refractivity contribution in [3.63, 3.8) is 0 Å². The number of methoxy groups -OCH3 is 1. The Labute approximate surface area is 110 Å². The topological polar surface area (TPSA) is 81.4 Å². The van der Waals surface area contributed by atoms with Gasteiger partial charge in [0, 0.05) is 6.54 Å². The molecule has 0 spiro atoms. The molecule has 19 heavy (non-hydrogen) atoms. The second-order valence-electron chi connectivity index (χ2n) is 4.01. The first-order chi connectivity index (χ1) is 9.03. The number of rotatable bonds is 5. The number of carbonyl (C=O) groups is 2. The van der Waals surface area contributed by atoms with Crippen LogP contribution in [0.25, 0.3) is 0 Å². The zero-order valence-corrected chi connectivity index (χ0v) is 10.9. The number of hydrogen-bond acceptors (Lipinski definition) is 4. The van der Waals surface area contributed by atoms with Gasteiger partial charge in [0.15, 0.2) is 0 Å². The van der Waals surface area contributed by atoms with Gasteiger partial charge in [0.05, 0.1) is 24.3 Å². The summed E-state index contributed by atoms with van der Waals surface area (Å²) in [6, 6.07) is 3.50. The maximum absolute atomic E-state index is 13.1. The minimum absolute atomic E-state index is 0.0253. The summed E-state index contributed by atoms with van der Waals surface area (Å²) in [6.45, 7) is 2.04. The maximum atomic E-state index is 13.1. The number of nitrogens with two attached hydrogens (primary N) is 1. The van der Waals surface area contributed by atoms with Crippen LogP contribution in [-0.4, -0.2) is 25.5 Å². The van der Waals surface area contributed by atoms with Crippen LogP contribution in [0.2, 0.25) is 0 Å². The molecule has 3 N–H and O–H groups in total. The normalized spacial score (nSPS) is 11.8. The maximum Gasteiger partial charge on any atom is 0.340 e. The molecule has 0 heterocycles. The summed E-state index contributed by atoms with van der Waals surface area (Å²) in [6.07, 6.45) is 0.580. The summed E-state index contributed by atoms with van der Waals surface area (Å²) in [5.41, 5.74) is 5.66. The second-order valence-corrected chi connectivity index (χ2v) is 4.01. The third kappa shape index (κ3) is 3.75. The van der Waals surface area contributed by atoms with E-state index in [4.69, 9.17) is 5.73 Å². The van der Waals surface area contributed by atoms with Crippen molar-refractivity contribution in [1.29, 1.82) is 0 Å². The van der Waals surface area contributed by atoms with Gasteiger partial charge in [-0.05, 0) is 24.6 Å². The number of benzene rings is 1. The van der Waals surface area contributed by atoms with E-state index in [0.29, 0.717) is 6.42 Å². The van der Waals surface area contributed by atoms with Gasteiger partial charge >= 0.3 is 5.97 Å². The van der Waals surface area contributed by atoms with Crippen LogP contribution in [0, 0.1) is 11.7 Å². The fourth-order valence-electron chi connectivity index (χ4n) is 1.60. The van der Waals surface area contributed by atoms with E-state index >= 15 is 0 Å². The molecule has 0 fully saturated rings. The highest BCUT2D eigenvalue weighted by Crippen LogP contribution is 2.19. The van der Waals surface area contributed by atoms with Crippen LogP contribution >= 0.6 is 0 Å². The van der Waals surface area contributed by atoms with Crippen molar-refractivity contribution in [2.24, 2.45) is 11.7 Å². The standard InChI is InChI=1S/C13H17FN2O3/c1-3-8(7-15)12(17)16-11-5-4-9(14)6-10(11)13(18)19-2/h4-6,8H,3,7,15H2,1-2H3,(H,16,17). The number of ether oxygens (including phenoxy) is 1. The number of nitrogens with one attached hydrogen (secondary N) is 1. The molecule has 0 bridgehead atoms. The van der Waals surface area contributed by atoms with E-state index in [2.05, 4.69) is 10.1 Å². The van der Waals surface area contributed by atoms with Crippen LogP contribution in [0.5, 0.6) is 0 Å². The van der Waals surface area contributed by atoms with Crippen molar-refractivity contribution >= 4 is 17.6 Å². The average Bonchev–Trinajstić information content (AvgIpc) is 2.41. The van der Waals surface area contributed by atoms with Gasteiger partial charge in [-0.2, -0.15) is 0 Å². The molecule has 0 saturated heterocycles. The molecule has 1 atom stereocenters. The van der Waals surface area contributed by atoms with Crippen molar-refractivity contribution in [1.82, 2.24) is 0 Å². The molecule has 6 heteroatoms. The lowest BCUT2D eigenvalue weighted by Crippen LogP contribution is -2.29. The average molecular weight is 268 g/mol.